The summed E-state index contributed by atoms with van der Waals surface area (Å²) in [5.74, 6) is -0.199. The predicted molar refractivity (Wildman–Crippen MR) is 83.5 cm³/mol. The molecule has 0 fully saturated rings. The highest BCUT2D eigenvalue weighted by atomic mass is 19.3. The van der Waals surface area contributed by atoms with Crippen LogP contribution in [0.5, 0.6) is 0 Å². The van der Waals surface area contributed by atoms with Gasteiger partial charge in [0.05, 0.1) is 11.8 Å². The van der Waals surface area contributed by atoms with Crippen LogP contribution in [0.2, 0.25) is 0 Å². The molecule has 1 aromatic heterocycles. The van der Waals surface area contributed by atoms with Crippen molar-refractivity contribution in [1.82, 2.24) is 15.1 Å². The molecule has 2 aromatic rings. The smallest absolute Gasteiger partial charge is 0.280 e. The largest absolute Gasteiger partial charge is 0.374 e. The minimum Gasteiger partial charge on any atom is -0.374 e. The molecule has 0 saturated heterocycles. The van der Waals surface area contributed by atoms with E-state index >= 15 is 0 Å². The first-order chi connectivity index (χ1) is 11.5. The Morgan fingerprint density at radius 1 is 1.33 bits per heavy atom. The summed E-state index contributed by atoms with van der Waals surface area (Å²) < 4.78 is 40.8. The van der Waals surface area contributed by atoms with Gasteiger partial charge in [0.25, 0.3) is 6.43 Å². The molecule has 0 amide bonds. The summed E-state index contributed by atoms with van der Waals surface area (Å²) in [6.45, 7) is 3.68. The van der Waals surface area contributed by atoms with Crippen LogP contribution in [0.4, 0.5) is 19.0 Å². The van der Waals surface area contributed by atoms with Crippen LogP contribution in [0.25, 0.3) is 5.70 Å². The molecule has 3 N–H and O–H groups in total. The van der Waals surface area contributed by atoms with Crippen LogP contribution < -0.4 is 10.6 Å². The minimum atomic E-state index is -2.74. The first kappa shape index (κ1) is 16.3. The standard InChI is InChI=1S/C16H15F3N4O/c1-9-6-13(14(18)19)23-15(22-9)11(8-21-23)16(24)20-7-10-4-2-3-5-12(10)17/h2-6,8,14,16,20,22,24H,1,7H2. The van der Waals surface area contributed by atoms with E-state index in [-0.39, 0.29) is 29.3 Å². The van der Waals surface area contributed by atoms with Gasteiger partial charge in [-0.1, -0.05) is 24.8 Å². The molecule has 0 bridgehead atoms. The van der Waals surface area contributed by atoms with Crippen LogP contribution in [-0.2, 0) is 6.54 Å². The van der Waals surface area contributed by atoms with Gasteiger partial charge in [-0.15, -0.1) is 0 Å². The van der Waals surface area contributed by atoms with Crippen LogP contribution in [0, 0.1) is 5.82 Å². The highest BCUT2D eigenvalue weighted by Crippen LogP contribution is 2.32. The SMILES string of the molecule is C=C1C=C(C(F)F)n2ncc(C(O)NCc3ccccc3F)c2N1. The molecule has 8 heteroatoms. The summed E-state index contributed by atoms with van der Waals surface area (Å²) in [6.07, 6.45) is -1.49. The van der Waals surface area contributed by atoms with Gasteiger partial charge in [-0.3, -0.25) is 5.32 Å². The number of aromatic nitrogens is 2. The molecule has 1 aliphatic heterocycles. The maximum absolute atomic E-state index is 13.6. The number of aliphatic hydroxyl groups excluding tert-OH is 1. The molecule has 0 spiro atoms. The summed E-state index contributed by atoms with van der Waals surface area (Å²) >= 11 is 0. The van der Waals surface area contributed by atoms with E-state index in [0.717, 1.165) is 4.68 Å². The van der Waals surface area contributed by atoms with Crippen LogP contribution >= 0.6 is 0 Å². The lowest BCUT2D eigenvalue weighted by molar-refractivity contribution is 0.137. The minimum absolute atomic E-state index is 0.0664. The second-order valence-corrected chi connectivity index (χ2v) is 5.26. The molecule has 0 saturated carbocycles. The van der Waals surface area contributed by atoms with Gasteiger partial charge in [-0.05, 0) is 12.1 Å². The number of allylic oxidation sites excluding steroid dienone is 2. The molecule has 1 unspecified atom stereocenters. The molecular formula is C16H15F3N4O. The summed E-state index contributed by atoms with van der Waals surface area (Å²) in [5.41, 5.74) is 0.573. The Morgan fingerprint density at radius 3 is 2.79 bits per heavy atom. The van der Waals surface area contributed by atoms with Crippen molar-refractivity contribution in [1.29, 1.82) is 0 Å². The van der Waals surface area contributed by atoms with Gasteiger partial charge in [0.1, 0.15) is 23.6 Å². The Morgan fingerprint density at radius 2 is 2.08 bits per heavy atom. The molecular weight excluding hydrogens is 321 g/mol. The summed E-state index contributed by atoms with van der Waals surface area (Å²) in [7, 11) is 0. The fourth-order valence-corrected chi connectivity index (χ4v) is 2.42. The van der Waals surface area contributed by atoms with Crippen molar-refractivity contribution in [2.75, 3.05) is 5.32 Å². The number of nitrogens with zero attached hydrogens (tertiary/aromatic N) is 2. The predicted octanol–water partition coefficient (Wildman–Crippen LogP) is 2.85. The number of benzene rings is 1. The van der Waals surface area contributed by atoms with Gasteiger partial charge in [0.15, 0.2) is 0 Å². The van der Waals surface area contributed by atoms with Crippen molar-refractivity contribution in [3.05, 3.63) is 65.8 Å². The van der Waals surface area contributed by atoms with E-state index in [1.54, 1.807) is 18.2 Å². The highest BCUT2D eigenvalue weighted by molar-refractivity contribution is 5.68. The average Bonchev–Trinajstić information content (AvgIpc) is 2.96. The van der Waals surface area contributed by atoms with Crippen LogP contribution in [0.3, 0.4) is 0 Å². The lowest BCUT2D eigenvalue weighted by Crippen LogP contribution is -2.23. The molecule has 1 atom stereocenters. The Kier molecular flexibility index (Phi) is 4.41. The van der Waals surface area contributed by atoms with E-state index in [1.807, 2.05) is 0 Å². The lowest BCUT2D eigenvalue weighted by atomic mass is 10.2. The number of hydrogen-bond donors (Lipinski definition) is 3. The third-order valence-electron chi connectivity index (χ3n) is 3.61. The van der Waals surface area contributed by atoms with Crippen molar-refractivity contribution in [3.8, 4) is 0 Å². The Hall–Kier alpha value is -2.58. The number of alkyl halides is 2. The molecule has 1 aromatic carbocycles. The number of aliphatic hydroxyl groups is 1. The topological polar surface area (TPSA) is 62.1 Å². The molecule has 0 radical (unpaired) electrons. The van der Waals surface area contributed by atoms with Gasteiger partial charge in [-0.2, -0.15) is 5.10 Å². The quantitative estimate of drug-likeness (QED) is 0.735. The first-order valence-corrected chi connectivity index (χ1v) is 7.16. The maximum Gasteiger partial charge on any atom is 0.280 e. The fraction of sp³-hybridized carbons (Fsp3) is 0.188. The van der Waals surface area contributed by atoms with E-state index in [1.165, 1.54) is 18.3 Å². The van der Waals surface area contributed by atoms with E-state index in [2.05, 4.69) is 22.3 Å². The van der Waals surface area contributed by atoms with Gasteiger partial charge in [0.2, 0.25) is 0 Å². The normalized spacial score (nSPS) is 15.0. The molecule has 2 heterocycles. The van der Waals surface area contributed by atoms with Gasteiger partial charge in [-0.25, -0.2) is 17.9 Å². The highest BCUT2D eigenvalue weighted by Gasteiger charge is 2.26. The molecule has 24 heavy (non-hydrogen) atoms. The van der Waals surface area contributed by atoms with E-state index < -0.39 is 18.5 Å². The zero-order valence-electron chi connectivity index (χ0n) is 12.5. The number of rotatable bonds is 5. The second kappa shape index (κ2) is 6.50. The molecule has 0 aliphatic carbocycles. The van der Waals surface area contributed by atoms with E-state index in [4.69, 9.17) is 0 Å². The van der Waals surface area contributed by atoms with Gasteiger partial charge in [0, 0.05) is 17.8 Å². The summed E-state index contributed by atoms with van der Waals surface area (Å²) in [6, 6.07) is 6.15. The third kappa shape index (κ3) is 3.06. The van der Waals surface area contributed by atoms with E-state index in [9.17, 15) is 18.3 Å². The van der Waals surface area contributed by atoms with Crippen LogP contribution in [-0.4, -0.2) is 21.3 Å². The molecule has 1 aliphatic rings. The monoisotopic (exact) mass is 336 g/mol. The lowest BCUT2D eigenvalue weighted by Gasteiger charge is -2.21. The Balaban J connectivity index is 1.80. The van der Waals surface area contributed by atoms with Crippen LogP contribution in [0.1, 0.15) is 17.4 Å². The molecule has 3 rings (SSSR count). The number of halogens is 3. The first-order valence-electron chi connectivity index (χ1n) is 7.16. The Labute approximate surface area is 136 Å². The summed E-state index contributed by atoms with van der Waals surface area (Å²) in [4.78, 5) is 0. The zero-order valence-corrected chi connectivity index (χ0v) is 12.5. The average molecular weight is 336 g/mol. The van der Waals surface area contributed by atoms with Crippen molar-refractivity contribution in [2.45, 2.75) is 19.2 Å². The molecule has 5 nitrogen and oxygen atoms in total. The second-order valence-electron chi connectivity index (χ2n) is 5.26. The number of hydrogen-bond acceptors (Lipinski definition) is 4. The molecule has 126 valence electrons. The van der Waals surface area contributed by atoms with Crippen molar-refractivity contribution >= 4 is 11.5 Å². The Bertz CT molecular complexity index is 800. The van der Waals surface area contributed by atoms with Gasteiger partial charge < -0.3 is 10.4 Å². The van der Waals surface area contributed by atoms with Gasteiger partial charge >= 0.3 is 0 Å². The number of anilines is 1. The van der Waals surface area contributed by atoms with Crippen molar-refractivity contribution in [3.63, 3.8) is 0 Å². The zero-order chi connectivity index (χ0) is 17.3. The summed E-state index contributed by atoms with van der Waals surface area (Å²) in [5, 5.41) is 19.7. The third-order valence-corrected chi connectivity index (χ3v) is 3.61. The van der Waals surface area contributed by atoms with E-state index in [0.29, 0.717) is 5.56 Å². The number of nitrogens with one attached hydrogen (secondary N) is 2. The van der Waals surface area contributed by atoms with Crippen LogP contribution in [0.15, 0.2) is 48.8 Å². The fourth-order valence-electron chi connectivity index (χ4n) is 2.42. The number of fused-ring (bicyclic) bond motifs is 1. The van der Waals surface area contributed by atoms with Crippen molar-refractivity contribution < 1.29 is 18.3 Å². The maximum atomic E-state index is 13.6. The van der Waals surface area contributed by atoms with Crippen molar-refractivity contribution in [2.24, 2.45) is 0 Å².